The number of anilines is 1. The summed E-state index contributed by atoms with van der Waals surface area (Å²) in [6.45, 7) is 4.38. The molecule has 1 N–H and O–H groups in total. The Bertz CT molecular complexity index is 1250. The number of carbonyl (C=O) groups is 2. The Balaban J connectivity index is 1.56. The topological polar surface area (TPSA) is 67.2 Å². The molecule has 0 fully saturated rings. The van der Waals surface area contributed by atoms with Crippen molar-refractivity contribution in [1.29, 1.82) is 0 Å². The molecule has 2 heterocycles. The van der Waals surface area contributed by atoms with E-state index in [-0.39, 0.29) is 11.8 Å². The van der Waals surface area contributed by atoms with E-state index < -0.39 is 0 Å². The van der Waals surface area contributed by atoms with Crippen molar-refractivity contribution in [2.45, 2.75) is 20.4 Å². The van der Waals surface area contributed by atoms with Crippen molar-refractivity contribution in [1.82, 2.24) is 14.7 Å². The van der Waals surface area contributed by atoms with Gasteiger partial charge < -0.3 is 10.2 Å². The standard InChI is InChI=1S/C25H24N4O2S/c1-17-22(18(2)29(27-17)20-9-5-4-6-10-20)15-28(3)25(31)21-11-7-8-12-23(21)26-24(30)19-13-14-32-16-19/h4-14,16H,15H2,1-3H3,(H,26,30). The number of aromatic nitrogens is 2. The first-order valence-electron chi connectivity index (χ1n) is 10.2. The minimum Gasteiger partial charge on any atom is -0.337 e. The van der Waals surface area contributed by atoms with Gasteiger partial charge >= 0.3 is 0 Å². The molecule has 2 amide bonds. The van der Waals surface area contributed by atoms with E-state index in [9.17, 15) is 9.59 Å². The highest BCUT2D eigenvalue weighted by atomic mass is 32.1. The molecule has 0 aliphatic heterocycles. The second kappa shape index (κ2) is 9.20. The van der Waals surface area contributed by atoms with Crippen LogP contribution in [0.4, 0.5) is 5.69 Å². The fourth-order valence-corrected chi connectivity index (χ4v) is 4.24. The number of aryl methyl sites for hydroxylation is 1. The molecule has 0 atom stereocenters. The summed E-state index contributed by atoms with van der Waals surface area (Å²) in [5.74, 6) is -0.401. The van der Waals surface area contributed by atoms with E-state index >= 15 is 0 Å². The maximum atomic E-state index is 13.3. The van der Waals surface area contributed by atoms with Crippen molar-refractivity contribution >= 4 is 28.8 Å². The largest absolute Gasteiger partial charge is 0.337 e. The summed E-state index contributed by atoms with van der Waals surface area (Å²) in [5, 5.41) is 11.2. The number of rotatable bonds is 6. The molecule has 0 saturated heterocycles. The second-order valence-corrected chi connectivity index (χ2v) is 8.35. The number of amides is 2. The van der Waals surface area contributed by atoms with Crippen LogP contribution in [0.15, 0.2) is 71.4 Å². The Labute approximate surface area is 191 Å². The van der Waals surface area contributed by atoms with Gasteiger partial charge in [-0.2, -0.15) is 16.4 Å². The van der Waals surface area contributed by atoms with Gasteiger partial charge in [-0.3, -0.25) is 9.59 Å². The van der Waals surface area contributed by atoms with Crippen LogP contribution in [0.5, 0.6) is 0 Å². The predicted molar refractivity (Wildman–Crippen MR) is 128 cm³/mol. The molecular formula is C25H24N4O2S. The number of carbonyl (C=O) groups excluding carboxylic acids is 2. The molecule has 0 aliphatic carbocycles. The summed E-state index contributed by atoms with van der Waals surface area (Å²) < 4.78 is 1.90. The van der Waals surface area contributed by atoms with E-state index in [4.69, 9.17) is 0 Å². The van der Waals surface area contributed by atoms with Gasteiger partial charge in [0.25, 0.3) is 11.8 Å². The van der Waals surface area contributed by atoms with E-state index in [0.29, 0.717) is 23.4 Å². The van der Waals surface area contributed by atoms with E-state index in [2.05, 4.69) is 10.4 Å². The van der Waals surface area contributed by atoms with Gasteiger partial charge in [0.2, 0.25) is 0 Å². The SMILES string of the molecule is Cc1nn(-c2ccccc2)c(C)c1CN(C)C(=O)c1ccccc1NC(=O)c1ccsc1. The highest BCUT2D eigenvalue weighted by Crippen LogP contribution is 2.22. The van der Waals surface area contributed by atoms with Gasteiger partial charge in [0, 0.05) is 30.2 Å². The number of thiophene rings is 1. The van der Waals surface area contributed by atoms with Gasteiger partial charge in [-0.1, -0.05) is 30.3 Å². The molecule has 2 aromatic heterocycles. The van der Waals surface area contributed by atoms with Gasteiger partial charge in [-0.25, -0.2) is 4.68 Å². The molecule has 6 nitrogen and oxygen atoms in total. The lowest BCUT2D eigenvalue weighted by Gasteiger charge is -2.19. The summed E-state index contributed by atoms with van der Waals surface area (Å²) in [5.41, 5.74) is 5.38. The summed E-state index contributed by atoms with van der Waals surface area (Å²) in [6, 6.07) is 18.8. The molecule has 0 spiro atoms. The first-order chi connectivity index (χ1) is 15.5. The molecule has 7 heteroatoms. The highest BCUT2D eigenvalue weighted by molar-refractivity contribution is 7.08. The monoisotopic (exact) mass is 444 g/mol. The minimum atomic E-state index is -0.232. The zero-order valence-corrected chi connectivity index (χ0v) is 19.0. The van der Waals surface area contributed by atoms with Gasteiger partial charge in [0.05, 0.1) is 28.2 Å². The number of hydrogen-bond acceptors (Lipinski definition) is 4. The fourth-order valence-electron chi connectivity index (χ4n) is 3.61. The molecule has 4 aromatic rings. The second-order valence-electron chi connectivity index (χ2n) is 7.57. The maximum absolute atomic E-state index is 13.3. The molecule has 0 radical (unpaired) electrons. The van der Waals surface area contributed by atoms with Crippen LogP contribution in [0.3, 0.4) is 0 Å². The van der Waals surface area contributed by atoms with Gasteiger partial charge in [-0.05, 0) is 49.6 Å². The van der Waals surface area contributed by atoms with Crippen molar-refractivity contribution in [3.63, 3.8) is 0 Å². The van der Waals surface area contributed by atoms with E-state index in [1.165, 1.54) is 11.3 Å². The zero-order chi connectivity index (χ0) is 22.7. The Morgan fingerprint density at radius 2 is 1.75 bits per heavy atom. The zero-order valence-electron chi connectivity index (χ0n) is 18.2. The van der Waals surface area contributed by atoms with Crippen molar-refractivity contribution < 1.29 is 9.59 Å². The molecule has 0 bridgehead atoms. The Kier molecular flexibility index (Phi) is 6.18. The predicted octanol–water partition coefficient (Wildman–Crippen LogP) is 5.08. The number of para-hydroxylation sites is 2. The Hall–Kier alpha value is -3.71. The maximum Gasteiger partial charge on any atom is 0.256 e. The van der Waals surface area contributed by atoms with Crippen LogP contribution in [0.1, 0.15) is 37.7 Å². The summed E-state index contributed by atoms with van der Waals surface area (Å²) in [4.78, 5) is 27.4. The lowest BCUT2D eigenvalue weighted by Crippen LogP contribution is -2.28. The number of nitrogens with zero attached hydrogens (tertiary/aromatic N) is 3. The fraction of sp³-hybridized carbons (Fsp3) is 0.160. The Morgan fingerprint density at radius 1 is 1.03 bits per heavy atom. The molecule has 162 valence electrons. The lowest BCUT2D eigenvalue weighted by atomic mass is 10.1. The molecule has 2 aromatic carbocycles. The average molecular weight is 445 g/mol. The average Bonchev–Trinajstić information content (AvgIpc) is 3.44. The first-order valence-corrected chi connectivity index (χ1v) is 11.2. The van der Waals surface area contributed by atoms with Crippen LogP contribution in [0, 0.1) is 13.8 Å². The van der Waals surface area contributed by atoms with Gasteiger partial charge in [-0.15, -0.1) is 0 Å². The lowest BCUT2D eigenvalue weighted by molar-refractivity contribution is 0.0786. The molecular weight excluding hydrogens is 420 g/mol. The summed E-state index contributed by atoms with van der Waals surface area (Å²) in [6.07, 6.45) is 0. The van der Waals surface area contributed by atoms with Crippen LogP contribution in [0.25, 0.3) is 5.69 Å². The molecule has 0 aliphatic rings. The first kappa shape index (κ1) is 21.5. The molecule has 0 saturated carbocycles. The van der Waals surface area contributed by atoms with Crippen LogP contribution in [-0.2, 0) is 6.54 Å². The number of hydrogen-bond donors (Lipinski definition) is 1. The molecule has 0 unspecified atom stereocenters. The number of benzene rings is 2. The van der Waals surface area contributed by atoms with Crippen molar-refractivity contribution in [2.75, 3.05) is 12.4 Å². The normalized spacial score (nSPS) is 10.7. The minimum absolute atomic E-state index is 0.169. The van der Waals surface area contributed by atoms with E-state index in [1.807, 2.05) is 54.2 Å². The summed E-state index contributed by atoms with van der Waals surface area (Å²) >= 11 is 1.45. The third-order valence-electron chi connectivity index (χ3n) is 5.37. The third kappa shape index (κ3) is 4.33. The number of nitrogens with one attached hydrogen (secondary N) is 1. The van der Waals surface area contributed by atoms with Gasteiger partial charge in [0.1, 0.15) is 0 Å². The van der Waals surface area contributed by atoms with Crippen LogP contribution in [-0.4, -0.2) is 33.5 Å². The van der Waals surface area contributed by atoms with E-state index in [0.717, 1.165) is 22.6 Å². The quantitative estimate of drug-likeness (QED) is 0.451. The van der Waals surface area contributed by atoms with E-state index in [1.54, 1.807) is 47.7 Å². The van der Waals surface area contributed by atoms with Crippen molar-refractivity contribution in [3.8, 4) is 5.69 Å². The summed E-state index contributed by atoms with van der Waals surface area (Å²) in [7, 11) is 1.76. The van der Waals surface area contributed by atoms with Gasteiger partial charge in [0.15, 0.2) is 0 Å². The highest BCUT2D eigenvalue weighted by Gasteiger charge is 2.21. The van der Waals surface area contributed by atoms with Crippen LogP contribution in [0.2, 0.25) is 0 Å². The van der Waals surface area contributed by atoms with Crippen LogP contribution < -0.4 is 5.32 Å². The van der Waals surface area contributed by atoms with Crippen molar-refractivity contribution in [3.05, 3.63) is 99.5 Å². The van der Waals surface area contributed by atoms with Crippen molar-refractivity contribution in [2.24, 2.45) is 0 Å². The van der Waals surface area contributed by atoms with Crippen LogP contribution >= 0.6 is 11.3 Å². The molecule has 4 rings (SSSR count). The Morgan fingerprint density at radius 3 is 2.47 bits per heavy atom. The molecule has 32 heavy (non-hydrogen) atoms. The smallest absolute Gasteiger partial charge is 0.256 e. The third-order valence-corrected chi connectivity index (χ3v) is 6.06.